The van der Waals surface area contributed by atoms with Crippen molar-refractivity contribution in [1.82, 2.24) is 4.90 Å². The van der Waals surface area contributed by atoms with Crippen molar-refractivity contribution in [3.63, 3.8) is 0 Å². The number of hydrogen-bond acceptors (Lipinski definition) is 3. The highest BCUT2D eigenvalue weighted by molar-refractivity contribution is 9.10. The third kappa shape index (κ3) is 4.34. The van der Waals surface area contributed by atoms with E-state index in [1.54, 1.807) is 6.92 Å². The number of carbonyl (C=O) groups excluding carboxylic acids is 1. The fraction of sp³-hybridized carbons (Fsp3) is 0.462. The number of rotatable bonds is 2. The lowest BCUT2D eigenvalue weighted by Crippen LogP contribution is -2.44. The smallest absolute Gasteiger partial charge is 0.405 e. The maximum absolute atomic E-state index is 12.4. The summed E-state index contributed by atoms with van der Waals surface area (Å²) in [6.45, 7) is 2.82. The van der Waals surface area contributed by atoms with Crippen LogP contribution in [0.3, 0.4) is 0 Å². The van der Waals surface area contributed by atoms with Crippen LogP contribution in [0.15, 0.2) is 22.7 Å². The normalized spacial score (nSPS) is 19.5. The van der Waals surface area contributed by atoms with Gasteiger partial charge in [0, 0.05) is 17.6 Å². The molecule has 1 fully saturated rings. The van der Waals surface area contributed by atoms with Crippen molar-refractivity contribution in [1.29, 1.82) is 0 Å². The van der Waals surface area contributed by atoms with Gasteiger partial charge in [-0.1, -0.05) is 15.9 Å². The minimum atomic E-state index is -4.85. The number of carbonyl (C=O) groups is 1. The molecule has 1 atom stereocenters. The van der Waals surface area contributed by atoms with Gasteiger partial charge in [0.25, 0.3) is 5.91 Å². The SMILES string of the molecule is C[C@@H]1CN(C(=O)c2cc(Br)ccc2OC(F)(F)F)CCO1. The molecule has 0 aliphatic carbocycles. The molecule has 0 radical (unpaired) electrons. The van der Waals surface area contributed by atoms with Gasteiger partial charge in [0.1, 0.15) is 5.75 Å². The van der Waals surface area contributed by atoms with Crippen LogP contribution in [0.1, 0.15) is 17.3 Å². The van der Waals surface area contributed by atoms with Crippen LogP contribution in [0, 0.1) is 0 Å². The monoisotopic (exact) mass is 367 g/mol. The molecule has 0 N–H and O–H groups in total. The van der Waals surface area contributed by atoms with E-state index in [9.17, 15) is 18.0 Å². The van der Waals surface area contributed by atoms with Crippen LogP contribution in [0.2, 0.25) is 0 Å². The lowest BCUT2D eigenvalue weighted by atomic mass is 10.1. The predicted molar refractivity (Wildman–Crippen MR) is 72.1 cm³/mol. The Balaban J connectivity index is 2.28. The van der Waals surface area contributed by atoms with E-state index in [1.165, 1.54) is 17.0 Å². The van der Waals surface area contributed by atoms with Gasteiger partial charge in [-0.3, -0.25) is 4.79 Å². The highest BCUT2D eigenvalue weighted by atomic mass is 79.9. The highest BCUT2D eigenvalue weighted by Crippen LogP contribution is 2.30. The van der Waals surface area contributed by atoms with E-state index in [4.69, 9.17) is 4.74 Å². The Kier molecular flexibility index (Phi) is 4.77. The zero-order chi connectivity index (χ0) is 15.6. The average molecular weight is 368 g/mol. The molecule has 0 unspecified atom stereocenters. The Morgan fingerprint density at radius 3 is 2.81 bits per heavy atom. The zero-order valence-corrected chi connectivity index (χ0v) is 12.7. The zero-order valence-electron chi connectivity index (χ0n) is 11.1. The fourth-order valence-electron chi connectivity index (χ4n) is 2.06. The molecule has 1 aliphatic rings. The Morgan fingerprint density at radius 1 is 1.48 bits per heavy atom. The fourth-order valence-corrected chi connectivity index (χ4v) is 2.42. The topological polar surface area (TPSA) is 38.8 Å². The largest absolute Gasteiger partial charge is 0.573 e. The van der Waals surface area contributed by atoms with Gasteiger partial charge in [0.05, 0.1) is 18.3 Å². The first-order valence-corrected chi connectivity index (χ1v) is 7.02. The third-order valence-electron chi connectivity index (χ3n) is 2.93. The summed E-state index contributed by atoms with van der Waals surface area (Å²) >= 11 is 3.15. The lowest BCUT2D eigenvalue weighted by Gasteiger charge is -2.31. The summed E-state index contributed by atoms with van der Waals surface area (Å²) in [6.07, 6.45) is -5.00. The van der Waals surface area contributed by atoms with Gasteiger partial charge in [-0.05, 0) is 25.1 Å². The minimum Gasteiger partial charge on any atom is -0.405 e. The molecule has 1 heterocycles. The number of benzene rings is 1. The number of alkyl halides is 3. The summed E-state index contributed by atoms with van der Waals surface area (Å²) in [6, 6.07) is 3.83. The van der Waals surface area contributed by atoms with Crippen LogP contribution >= 0.6 is 15.9 Å². The van der Waals surface area contributed by atoms with Crippen molar-refractivity contribution in [2.24, 2.45) is 0 Å². The van der Waals surface area contributed by atoms with Crippen LogP contribution in [0.25, 0.3) is 0 Å². The Hall–Kier alpha value is -1.28. The van der Waals surface area contributed by atoms with E-state index < -0.39 is 18.0 Å². The molecule has 1 amide bonds. The van der Waals surface area contributed by atoms with E-state index in [0.29, 0.717) is 24.2 Å². The van der Waals surface area contributed by atoms with Crippen molar-refractivity contribution < 1.29 is 27.4 Å². The first-order valence-electron chi connectivity index (χ1n) is 6.22. The molecule has 116 valence electrons. The maximum atomic E-state index is 12.4. The number of amides is 1. The van der Waals surface area contributed by atoms with E-state index in [0.717, 1.165) is 6.07 Å². The van der Waals surface area contributed by atoms with Crippen LogP contribution in [0.5, 0.6) is 5.75 Å². The van der Waals surface area contributed by atoms with Gasteiger partial charge in [-0.2, -0.15) is 0 Å². The second-order valence-electron chi connectivity index (χ2n) is 4.62. The predicted octanol–water partition coefficient (Wildman–Crippen LogP) is 3.21. The molecular weight excluding hydrogens is 355 g/mol. The number of nitrogens with zero attached hydrogens (tertiary/aromatic N) is 1. The molecule has 8 heteroatoms. The first-order chi connectivity index (χ1) is 9.76. The first kappa shape index (κ1) is 16.1. The average Bonchev–Trinajstić information content (AvgIpc) is 2.38. The summed E-state index contributed by atoms with van der Waals surface area (Å²) in [4.78, 5) is 13.9. The number of halogens is 4. The van der Waals surface area contributed by atoms with E-state index in [-0.39, 0.29) is 11.7 Å². The molecule has 1 aromatic carbocycles. The van der Waals surface area contributed by atoms with Crippen molar-refractivity contribution in [2.45, 2.75) is 19.4 Å². The van der Waals surface area contributed by atoms with E-state index in [1.807, 2.05) is 0 Å². The van der Waals surface area contributed by atoms with Crippen molar-refractivity contribution in [2.75, 3.05) is 19.7 Å². The van der Waals surface area contributed by atoms with Crippen LogP contribution in [-0.4, -0.2) is 43.0 Å². The Labute approximate surface area is 127 Å². The molecule has 21 heavy (non-hydrogen) atoms. The molecule has 0 bridgehead atoms. The van der Waals surface area contributed by atoms with Crippen molar-refractivity contribution in [3.05, 3.63) is 28.2 Å². The third-order valence-corrected chi connectivity index (χ3v) is 3.42. The van der Waals surface area contributed by atoms with Crippen LogP contribution in [-0.2, 0) is 4.74 Å². The van der Waals surface area contributed by atoms with Gasteiger partial charge >= 0.3 is 6.36 Å². The quantitative estimate of drug-likeness (QED) is 0.805. The summed E-state index contributed by atoms with van der Waals surface area (Å²) in [5.41, 5.74) is -0.129. The number of hydrogen-bond donors (Lipinski definition) is 0. The molecule has 0 spiro atoms. The summed E-state index contributed by atoms with van der Waals surface area (Å²) in [7, 11) is 0. The summed E-state index contributed by atoms with van der Waals surface area (Å²) < 4.78 is 47.0. The second kappa shape index (κ2) is 6.23. The summed E-state index contributed by atoms with van der Waals surface area (Å²) in [5.74, 6) is -1.01. The van der Waals surface area contributed by atoms with E-state index in [2.05, 4.69) is 20.7 Å². The molecule has 1 aliphatic heterocycles. The molecule has 1 aromatic rings. The molecule has 0 saturated carbocycles. The van der Waals surface area contributed by atoms with Gasteiger partial charge in [-0.25, -0.2) is 0 Å². The van der Waals surface area contributed by atoms with Gasteiger partial charge in [-0.15, -0.1) is 13.2 Å². The van der Waals surface area contributed by atoms with E-state index >= 15 is 0 Å². The molecule has 2 rings (SSSR count). The van der Waals surface area contributed by atoms with Crippen LogP contribution in [0.4, 0.5) is 13.2 Å². The molecule has 4 nitrogen and oxygen atoms in total. The lowest BCUT2D eigenvalue weighted by molar-refractivity contribution is -0.274. The van der Waals surface area contributed by atoms with Crippen LogP contribution < -0.4 is 4.74 Å². The number of ether oxygens (including phenoxy) is 2. The van der Waals surface area contributed by atoms with Gasteiger partial charge < -0.3 is 14.4 Å². The van der Waals surface area contributed by atoms with Gasteiger partial charge in [0.15, 0.2) is 0 Å². The maximum Gasteiger partial charge on any atom is 0.573 e. The molecule has 0 aromatic heterocycles. The molecular formula is C13H13BrF3NO3. The summed E-state index contributed by atoms with van der Waals surface area (Å²) in [5, 5.41) is 0. The minimum absolute atomic E-state index is 0.129. The Morgan fingerprint density at radius 2 is 2.19 bits per heavy atom. The molecule has 1 saturated heterocycles. The Bertz CT molecular complexity index is 536. The highest BCUT2D eigenvalue weighted by Gasteiger charge is 2.34. The van der Waals surface area contributed by atoms with Gasteiger partial charge in [0.2, 0.25) is 0 Å². The standard InChI is InChI=1S/C13H13BrF3NO3/c1-8-7-18(4-5-20-8)12(19)10-6-9(14)2-3-11(10)21-13(15,16)17/h2-3,6,8H,4-5,7H2,1H3/t8-/m1/s1. The van der Waals surface area contributed by atoms with Crippen molar-refractivity contribution >= 4 is 21.8 Å². The number of morpholine rings is 1. The van der Waals surface area contributed by atoms with Crippen molar-refractivity contribution in [3.8, 4) is 5.75 Å². The second-order valence-corrected chi connectivity index (χ2v) is 5.54.